The maximum absolute atomic E-state index is 12.1. The van der Waals surface area contributed by atoms with Crippen molar-refractivity contribution in [2.45, 2.75) is 38.8 Å². The Kier molecular flexibility index (Phi) is 13.0. The lowest BCUT2D eigenvalue weighted by molar-refractivity contribution is -0.145. The van der Waals surface area contributed by atoms with Crippen molar-refractivity contribution in [3.63, 3.8) is 0 Å². The molecular formula is C17H32N8O7. The van der Waals surface area contributed by atoms with Crippen LogP contribution in [0.3, 0.4) is 0 Å². The second kappa shape index (κ2) is 14.5. The number of carbonyl (C=O) groups excluding carboxylic acids is 3. The van der Waals surface area contributed by atoms with Crippen LogP contribution in [0.4, 0.5) is 0 Å². The van der Waals surface area contributed by atoms with E-state index in [1.807, 2.05) is 0 Å². The van der Waals surface area contributed by atoms with E-state index in [1.54, 1.807) is 13.8 Å². The molecule has 0 radical (unpaired) electrons. The summed E-state index contributed by atoms with van der Waals surface area (Å²) in [4.78, 5) is 62.0. The van der Waals surface area contributed by atoms with Crippen molar-refractivity contribution >= 4 is 35.6 Å². The molecule has 32 heavy (non-hydrogen) atoms. The molecule has 0 aromatic rings. The van der Waals surface area contributed by atoms with E-state index in [0.717, 1.165) is 5.01 Å². The minimum Gasteiger partial charge on any atom is -0.480 e. The maximum Gasteiger partial charge on any atom is 0.326 e. The van der Waals surface area contributed by atoms with Crippen LogP contribution in [0.1, 0.15) is 26.7 Å². The van der Waals surface area contributed by atoms with E-state index in [1.165, 1.54) is 0 Å². The van der Waals surface area contributed by atoms with E-state index in [9.17, 15) is 24.0 Å². The van der Waals surface area contributed by atoms with Gasteiger partial charge in [-0.2, -0.15) is 0 Å². The Balaban J connectivity index is 4.67. The highest BCUT2D eigenvalue weighted by Crippen LogP contribution is 2.01. The molecular weight excluding hydrogens is 428 g/mol. The van der Waals surface area contributed by atoms with Crippen LogP contribution >= 0.6 is 0 Å². The highest BCUT2D eigenvalue weighted by molar-refractivity contribution is 5.88. The fraction of sp³-hybridized carbons (Fsp3) is 0.647. The number of amides is 3. The zero-order chi connectivity index (χ0) is 24.8. The molecule has 0 heterocycles. The molecule has 0 fully saturated rings. The van der Waals surface area contributed by atoms with Gasteiger partial charge in [0, 0.05) is 6.54 Å². The van der Waals surface area contributed by atoms with Gasteiger partial charge < -0.3 is 38.0 Å². The van der Waals surface area contributed by atoms with Gasteiger partial charge in [0.2, 0.25) is 11.8 Å². The highest BCUT2D eigenvalue weighted by Gasteiger charge is 2.25. The van der Waals surface area contributed by atoms with Gasteiger partial charge in [0.15, 0.2) is 5.96 Å². The van der Waals surface area contributed by atoms with Crippen LogP contribution in [0.5, 0.6) is 0 Å². The fourth-order valence-electron chi connectivity index (χ4n) is 2.37. The van der Waals surface area contributed by atoms with Crippen LogP contribution in [0.15, 0.2) is 4.99 Å². The number of nitrogens with zero attached hydrogens (tertiary/aromatic N) is 2. The third-order valence-corrected chi connectivity index (χ3v) is 3.92. The SMILES string of the molecule is CC(C)[C@H](NC(=O)CN(CC(=O)O)NC(=O)CNC(=O)[C@@H](N)CCCN=C(N)N)C(=O)O. The molecule has 0 rings (SSSR count). The van der Waals surface area contributed by atoms with E-state index in [0.29, 0.717) is 6.42 Å². The van der Waals surface area contributed by atoms with Crippen molar-refractivity contribution in [3.05, 3.63) is 0 Å². The molecule has 15 heteroatoms. The lowest BCUT2D eigenvalue weighted by Gasteiger charge is -2.23. The molecule has 0 aliphatic heterocycles. The van der Waals surface area contributed by atoms with Crippen LogP contribution in [-0.4, -0.2) is 89.1 Å². The molecule has 15 nitrogen and oxygen atoms in total. The van der Waals surface area contributed by atoms with Crippen LogP contribution in [0, 0.1) is 5.92 Å². The largest absolute Gasteiger partial charge is 0.480 e. The monoisotopic (exact) mass is 460 g/mol. The van der Waals surface area contributed by atoms with Gasteiger partial charge in [-0.3, -0.25) is 29.6 Å². The first-order chi connectivity index (χ1) is 14.8. The Labute approximate surface area is 184 Å². The summed E-state index contributed by atoms with van der Waals surface area (Å²) >= 11 is 0. The number of aliphatic imine (C=N–C) groups is 1. The molecule has 3 amide bonds. The van der Waals surface area contributed by atoms with Gasteiger partial charge in [-0.25, -0.2) is 9.80 Å². The number of aliphatic carboxylic acids is 2. The Hall–Kier alpha value is -3.46. The van der Waals surface area contributed by atoms with Gasteiger partial charge in [-0.15, -0.1) is 0 Å². The molecule has 2 atom stereocenters. The van der Waals surface area contributed by atoms with Gasteiger partial charge in [-0.05, 0) is 18.8 Å². The Bertz CT molecular complexity index is 709. The van der Waals surface area contributed by atoms with Gasteiger partial charge >= 0.3 is 11.9 Å². The summed E-state index contributed by atoms with van der Waals surface area (Å²) in [6, 6.07) is -2.10. The molecule has 0 aliphatic rings. The van der Waals surface area contributed by atoms with Crippen molar-refractivity contribution in [2.24, 2.45) is 28.1 Å². The van der Waals surface area contributed by atoms with Crippen LogP contribution in [-0.2, 0) is 24.0 Å². The van der Waals surface area contributed by atoms with Gasteiger partial charge in [0.1, 0.15) is 12.6 Å². The molecule has 0 aromatic carbocycles. The van der Waals surface area contributed by atoms with Crippen molar-refractivity contribution in [2.75, 3.05) is 26.2 Å². The maximum atomic E-state index is 12.1. The first kappa shape index (κ1) is 28.5. The average molecular weight is 460 g/mol. The number of carbonyl (C=O) groups is 5. The molecule has 0 unspecified atom stereocenters. The van der Waals surface area contributed by atoms with Crippen molar-refractivity contribution in [3.8, 4) is 0 Å². The quantitative estimate of drug-likeness (QED) is 0.0507. The summed E-state index contributed by atoms with van der Waals surface area (Å²) < 4.78 is 0. The van der Waals surface area contributed by atoms with E-state index < -0.39 is 67.3 Å². The molecule has 0 bridgehead atoms. The summed E-state index contributed by atoms with van der Waals surface area (Å²) in [6.07, 6.45) is 0.698. The number of nitrogens with two attached hydrogens (primary N) is 3. The molecule has 0 aliphatic carbocycles. The lowest BCUT2D eigenvalue weighted by atomic mass is 10.1. The number of carboxylic acid groups (broad SMARTS) is 2. The second-order valence-corrected chi connectivity index (χ2v) is 7.19. The minimum atomic E-state index is -1.34. The van der Waals surface area contributed by atoms with E-state index >= 15 is 0 Å². The van der Waals surface area contributed by atoms with Gasteiger partial charge in [0.05, 0.1) is 19.1 Å². The van der Waals surface area contributed by atoms with Gasteiger partial charge in [0.25, 0.3) is 5.91 Å². The number of carboxylic acids is 2. The zero-order valence-corrected chi connectivity index (χ0v) is 18.0. The summed E-state index contributed by atoms with van der Waals surface area (Å²) in [6.45, 7) is 1.58. The number of hydrogen-bond donors (Lipinski definition) is 8. The second-order valence-electron chi connectivity index (χ2n) is 7.19. The Morgan fingerprint density at radius 3 is 2.16 bits per heavy atom. The highest BCUT2D eigenvalue weighted by atomic mass is 16.4. The Morgan fingerprint density at radius 2 is 1.66 bits per heavy atom. The van der Waals surface area contributed by atoms with E-state index in [2.05, 4.69) is 21.1 Å². The fourth-order valence-corrected chi connectivity index (χ4v) is 2.37. The molecule has 182 valence electrons. The van der Waals surface area contributed by atoms with Crippen LogP contribution in [0.2, 0.25) is 0 Å². The van der Waals surface area contributed by atoms with Crippen LogP contribution < -0.4 is 33.3 Å². The van der Waals surface area contributed by atoms with E-state index in [4.69, 9.17) is 27.4 Å². The smallest absolute Gasteiger partial charge is 0.326 e. The van der Waals surface area contributed by atoms with Crippen LogP contribution in [0.25, 0.3) is 0 Å². The summed E-state index contributed by atoms with van der Waals surface area (Å²) in [7, 11) is 0. The predicted molar refractivity (Wildman–Crippen MR) is 113 cm³/mol. The molecule has 11 N–H and O–H groups in total. The number of nitrogens with one attached hydrogen (secondary N) is 3. The molecule has 0 saturated heterocycles. The third-order valence-electron chi connectivity index (χ3n) is 3.92. The first-order valence-corrected chi connectivity index (χ1v) is 9.70. The lowest BCUT2D eigenvalue weighted by Crippen LogP contribution is -2.54. The summed E-state index contributed by atoms with van der Waals surface area (Å²) in [5, 5.41) is 23.4. The van der Waals surface area contributed by atoms with Gasteiger partial charge in [-0.1, -0.05) is 13.8 Å². The molecule has 0 saturated carbocycles. The normalized spacial score (nSPS) is 12.5. The number of rotatable bonds is 15. The van der Waals surface area contributed by atoms with Crippen molar-refractivity contribution in [1.82, 2.24) is 21.1 Å². The predicted octanol–water partition coefficient (Wildman–Crippen LogP) is -3.87. The molecule has 0 aromatic heterocycles. The number of guanidine groups is 1. The molecule has 0 spiro atoms. The standard InChI is InChI=1S/C17H32N8O7/c1-9(2)14(16(31)32)23-12(27)7-25(8-13(28)29)24-11(26)6-22-15(30)10(18)4-3-5-21-17(19)20/h9-10,14H,3-8,18H2,1-2H3,(H,22,30)(H,23,27)(H,24,26)(H,28,29)(H,31,32)(H4,19,20,21)/t10-,14-/m0/s1. The minimum absolute atomic E-state index is 0.0815. The average Bonchev–Trinajstić information content (AvgIpc) is 2.66. The van der Waals surface area contributed by atoms with Crippen molar-refractivity contribution in [1.29, 1.82) is 0 Å². The summed E-state index contributed by atoms with van der Waals surface area (Å²) in [5.74, 6) is -5.32. The zero-order valence-electron chi connectivity index (χ0n) is 18.0. The van der Waals surface area contributed by atoms with E-state index in [-0.39, 0.29) is 18.9 Å². The summed E-state index contributed by atoms with van der Waals surface area (Å²) in [5.41, 5.74) is 18.2. The number of hydrogen-bond acceptors (Lipinski definition) is 8. The first-order valence-electron chi connectivity index (χ1n) is 9.70. The van der Waals surface area contributed by atoms with Crippen molar-refractivity contribution < 1.29 is 34.2 Å². The topological polar surface area (TPSA) is 256 Å². The number of hydrazine groups is 1. The Morgan fingerprint density at radius 1 is 1.03 bits per heavy atom. The third kappa shape index (κ3) is 13.0.